The molecule has 0 atom stereocenters. The van der Waals surface area contributed by atoms with Gasteiger partial charge in [-0.1, -0.05) is 6.07 Å². The second-order valence-corrected chi connectivity index (χ2v) is 8.97. The van der Waals surface area contributed by atoms with Gasteiger partial charge in [0.15, 0.2) is 5.78 Å². The Hall–Kier alpha value is -2.84. The maximum Gasteiger partial charge on any atom is 0.168 e. The average Bonchev–Trinajstić information content (AvgIpc) is 3.30. The van der Waals surface area contributed by atoms with Gasteiger partial charge in [-0.05, 0) is 37.6 Å². The summed E-state index contributed by atoms with van der Waals surface area (Å²) in [4.78, 5) is 27.0. The maximum atomic E-state index is 13.8. The van der Waals surface area contributed by atoms with E-state index in [2.05, 4.69) is 15.0 Å². The number of benzene rings is 1. The summed E-state index contributed by atoms with van der Waals surface area (Å²) >= 11 is 3.19. The molecular weight excluding hydrogens is 424 g/mol. The highest BCUT2D eigenvalue weighted by Gasteiger charge is 2.14. The number of pyridine rings is 1. The molecule has 0 aliphatic carbocycles. The molecule has 0 aliphatic heterocycles. The molecule has 4 nitrogen and oxygen atoms in total. The minimum absolute atomic E-state index is 0.142. The molecule has 30 heavy (non-hydrogen) atoms. The van der Waals surface area contributed by atoms with Gasteiger partial charge in [0.2, 0.25) is 0 Å². The lowest BCUT2D eigenvalue weighted by Gasteiger charge is -2.04. The zero-order chi connectivity index (χ0) is 21.3. The van der Waals surface area contributed by atoms with E-state index >= 15 is 0 Å². The van der Waals surface area contributed by atoms with Crippen molar-refractivity contribution in [3.63, 3.8) is 0 Å². The van der Waals surface area contributed by atoms with Gasteiger partial charge in [0, 0.05) is 41.7 Å². The highest BCUT2D eigenvalue weighted by Crippen LogP contribution is 2.31. The Balaban J connectivity index is 1.44. The summed E-state index contributed by atoms with van der Waals surface area (Å²) in [6.45, 7) is 3.96. The Bertz CT molecular complexity index is 1220. The highest BCUT2D eigenvalue weighted by atomic mass is 32.1. The van der Waals surface area contributed by atoms with E-state index in [1.165, 1.54) is 12.3 Å². The summed E-state index contributed by atoms with van der Waals surface area (Å²) in [6, 6.07) is 6.66. The first-order valence-electron chi connectivity index (χ1n) is 9.20. The zero-order valence-corrected chi connectivity index (χ0v) is 17.9. The van der Waals surface area contributed by atoms with Crippen LogP contribution in [0.4, 0.5) is 8.78 Å². The minimum Gasteiger partial charge on any atom is -0.294 e. The Morgan fingerprint density at radius 1 is 1.10 bits per heavy atom. The number of rotatable bonds is 6. The van der Waals surface area contributed by atoms with Crippen molar-refractivity contribution >= 4 is 28.5 Å². The molecule has 4 aromatic rings. The summed E-state index contributed by atoms with van der Waals surface area (Å²) in [5.41, 5.74) is 3.24. The molecule has 0 fully saturated rings. The number of ketones is 1. The third-order valence-electron chi connectivity index (χ3n) is 4.53. The fourth-order valence-corrected chi connectivity index (χ4v) is 4.81. The van der Waals surface area contributed by atoms with E-state index in [9.17, 15) is 13.6 Å². The number of thiazole rings is 2. The van der Waals surface area contributed by atoms with E-state index in [0.717, 1.165) is 44.1 Å². The Morgan fingerprint density at radius 2 is 1.93 bits per heavy atom. The topological polar surface area (TPSA) is 55.7 Å². The van der Waals surface area contributed by atoms with Crippen LogP contribution in [0.15, 0.2) is 41.9 Å². The molecule has 0 unspecified atom stereocenters. The molecule has 0 radical (unpaired) electrons. The van der Waals surface area contributed by atoms with Crippen LogP contribution >= 0.6 is 22.7 Å². The first kappa shape index (κ1) is 20.4. The summed E-state index contributed by atoms with van der Waals surface area (Å²) in [5, 5.41) is 3.96. The molecule has 0 saturated carbocycles. The summed E-state index contributed by atoms with van der Waals surface area (Å²) < 4.78 is 26.8. The van der Waals surface area contributed by atoms with Crippen LogP contribution in [0.25, 0.3) is 10.6 Å². The molecule has 152 valence electrons. The van der Waals surface area contributed by atoms with Crippen LogP contribution in [0.3, 0.4) is 0 Å². The van der Waals surface area contributed by atoms with Crippen LogP contribution in [0.1, 0.15) is 37.3 Å². The van der Waals surface area contributed by atoms with Crippen LogP contribution in [0, 0.1) is 25.5 Å². The summed E-state index contributed by atoms with van der Waals surface area (Å²) in [5.74, 6) is -1.66. The van der Waals surface area contributed by atoms with Gasteiger partial charge in [0.1, 0.15) is 11.6 Å². The van der Waals surface area contributed by atoms with Crippen molar-refractivity contribution in [2.24, 2.45) is 0 Å². The molecule has 0 aliphatic rings. The van der Waals surface area contributed by atoms with Gasteiger partial charge in [-0.15, -0.1) is 22.7 Å². The van der Waals surface area contributed by atoms with E-state index in [-0.39, 0.29) is 17.8 Å². The van der Waals surface area contributed by atoms with Gasteiger partial charge in [0.05, 0.1) is 26.3 Å². The number of aromatic nitrogens is 3. The number of nitrogens with zero attached hydrogens (tertiary/aromatic N) is 3. The monoisotopic (exact) mass is 441 g/mol. The predicted octanol–water partition coefficient (Wildman–Crippen LogP) is 5.57. The first-order chi connectivity index (χ1) is 14.4. The van der Waals surface area contributed by atoms with Crippen molar-refractivity contribution in [2.45, 2.75) is 26.7 Å². The molecule has 0 N–H and O–H groups in total. The molecule has 0 amide bonds. The van der Waals surface area contributed by atoms with Crippen LogP contribution in [0.5, 0.6) is 0 Å². The van der Waals surface area contributed by atoms with Gasteiger partial charge in [-0.2, -0.15) is 0 Å². The molecule has 0 bridgehead atoms. The third kappa shape index (κ3) is 4.49. The van der Waals surface area contributed by atoms with Crippen LogP contribution in [0.2, 0.25) is 0 Å². The first-order valence-corrected chi connectivity index (χ1v) is 10.9. The van der Waals surface area contributed by atoms with Gasteiger partial charge >= 0.3 is 0 Å². The lowest BCUT2D eigenvalue weighted by atomic mass is 10.0. The van der Waals surface area contributed by atoms with E-state index in [0.29, 0.717) is 12.0 Å². The molecule has 3 aromatic heterocycles. The fraction of sp³-hybridized carbons (Fsp3) is 0.182. The van der Waals surface area contributed by atoms with Crippen LogP contribution in [-0.4, -0.2) is 20.7 Å². The van der Waals surface area contributed by atoms with Crippen LogP contribution in [-0.2, 0) is 12.8 Å². The lowest BCUT2D eigenvalue weighted by molar-refractivity contribution is 0.0991. The SMILES string of the molecule is Cc1nc(C)c(-c2csc(Cc3ccc(C(=O)Cc4ccc(F)cc4F)cn3)n2)s1. The molecule has 3 heterocycles. The molecule has 8 heteroatoms. The van der Waals surface area contributed by atoms with E-state index in [4.69, 9.17) is 0 Å². The minimum atomic E-state index is -0.723. The number of hydrogen-bond acceptors (Lipinski definition) is 6. The zero-order valence-electron chi connectivity index (χ0n) is 16.3. The third-order valence-corrected chi connectivity index (χ3v) is 6.48. The lowest BCUT2D eigenvalue weighted by Crippen LogP contribution is -2.06. The number of aryl methyl sites for hydroxylation is 2. The summed E-state index contributed by atoms with van der Waals surface area (Å²) in [7, 11) is 0. The van der Waals surface area contributed by atoms with E-state index < -0.39 is 11.6 Å². The smallest absolute Gasteiger partial charge is 0.168 e. The van der Waals surface area contributed by atoms with E-state index in [1.54, 1.807) is 34.8 Å². The standard InChI is InChI=1S/C22H17F2N3OS2/c1-12-22(30-13(2)26-12)19-11-29-21(27-19)9-17-6-4-15(10-25-17)20(28)7-14-3-5-16(23)8-18(14)24/h3-6,8,10-11H,7,9H2,1-2H3. The van der Waals surface area contributed by atoms with Crippen LogP contribution < -0.4 is 0 Å². The number of carbonyl (C=O) groups excluding carboxylic acids is 1. The van der Waals surface area contributed by atoms with Crippen molar-refractivity contribution in [3.05, 3.63) is 86.1 Å². The van der Waals surface area contributed by atoms with Crippen molar-refractivity contribution in [3.8, 4) is 10.6 Å². The number of halogens is 2. The number of Topliss-reactive ketones (excluding diaryl/α,β-unsaturated/α-hetero) is 1. The second-order valence-electron chi connectivity index (χ2n) is 6.82. The number of carbonyl (C=O) groups is 1. The quantitative estimate of drug-likeness (QED) is 0.367. The maximum absolute atomic E-state index is 13.8. The van der Waals surface area contributed by atoms with Gasteiger partial charge in [0.25, 0.3) is 0 Å². The Morgan fingerprint density at radius 3 is 2.60 bits per heavy atom. The van der Waals surface area contributed by atoms with Gasteiger partial charge in [-0.25, -0.2) is 18.7 Å². The van der Waals surface area contributed by atoms with Crippen molar-refractivity contribution in [1.29, 1.82) is 0 Å². The van der Waals surface area contributed by atoms with Crippen molar-refractivity contribution in [2.75, 3.05) is 0 Å². The van der Waals surface area contributed by atoms with Gasteiger partial charge in [-0.3, -0.25) is 9.78 Å². The largest absolute Gasteiger partial charge is 0.294 e. The molecule has 0 saturated heterocycles. The Labute approximate surface area is 180 Å². The second kappa shape index (κ2) is 8.49. The number of hydrogen-bond donors (Lipinski definition) is 0. The predicted molar refractivity (Wildman–Crippen MR) is 114 cm³/mol. The highest BCUT2D eigenvalue weighted by molar-refractivity contribution is 7.15. The Kier molecular flexibility index (Phi) is 5.78. The normalized spacial score (nSPS) is 11.1. The molecule has 4 rings (SSSR count). The van der Waals surface area contributed by atoms with Crippen molar-refractivity contribution < 1.29 is 13.6 Å². The van der Waals surface area contributed by atoms with E-state index in [1.807, 2.05) is 19.2 Å². The van der Waals surface area contributed by atoms with Gasteiger partial charge < -0.3 is 0 Å². The average molecular weight is 442 g/mol. The fourth-order valence-electron chi connectivity index (χ4n) is 3.05. The van der Waals surface area contributed by atoms with Crippen molar-refractivity contribution in [1.82, 2.24) is 15.0 Å². The summed E-state index contributed by atoms with van der Waals surface area (Å²) in [6.07, 6.45) is 1.91. The molecule has 1 aromatic carbocycles. The molecular formula is C22H17F2N3OS2. The molecule has 0 spiro atoms.